The van der Waals surface area contributed by atoms with Gasteiger partial charge in [-0.2, -0.15) is 5.26 Å². The number of carbonyl (C=O) groups excluding carboxylic acids is 1. The lowest BCUT2D eigenvalue weighted by Gasteiger charge is -2.17. The van der Waals surface area contributed by atoms with E-state index in [1.165, 1.54) is 18.2 Å². The predicted octanol–water partition coefficient (Wildman–Crippen LogP) is 5.39. The molecule has 0 bridgehead atoms. The molecule has 3 aromatic rings. The number of amides is 1. The molecular weight excluding hydrogens is 457 g/mol. The van der Waals surface area contributed by atoms with E-state index < -0.39 is 17.8 Å². The molecule has 2 heterocycles. The van der Waals surface area contributed by atoms with Gasteiger partial charge in [0.1, 0.15) is 23.5 Å². The lowest BCUT2D eigenvalue weighted by Crippen LogP contribution is -2.31. The number of hydrogen-bond donors (Lipinski definition) is 1. The second-order valence-electron chi connectivity index (χ2n) is 6.54. The summed E-state index contributed by atoms with van der Waals surface area (Å²) in [5.74, 6) is 0.00501. The van der Waals surface area contributed by atoms with Gasteiger partial charge in [0.15, 0.2) is 6.10 Å². The zero-order valence-electron chi connectivity index (χ0n) is 16.1. The zero-order valence-corrected chi connectivity index (χ0v) is 18.5. The first-order valence-corrected chi connectivity index (χ1v) is 10.5. The normalized spacial score (nSPS) is 11.7. The fourth-order valence-corrected chi connectivity index (χ4v) is 4.06. The lowest BCUT2D eigenvalue weighted by atomic mass is 10.2. The summed E-state index contributed by atoms with van der Waals surface area (Å²) in [7, 11) is 0. The average Bonchev–Trinajstić information content (AvgIpc) is 3.27. The van der Waals surface area contributed by atoms with Gasteiger partial charge in [-0.05, 0) is 71.9 Å². The summed E-state index contributed by atoms with van der Waals surface area (Å²) in [5, 5.41) is 14.5. The summed E-state index contributed by atoms with van der Waals surface area (Å²) in [6.45, 7) is 5.95. The monoisotopic (exact) mass is 475 g/mol. The third-order valence-corrected chi connectivity index (χ3v) is 6.12. The SMILES string of the molecule is Cc1c(C#N)c(NC(=O)[C@@H](C)Oc2ccc(F)cc2Br)n(Cc2cccs2)c1C. The summed E-state index contributed by atoms with van der Waals surface area (Å²) in [6.07, 6.45) is -0.853. The van der Waals surface area contributed by atoms with Gasteiger partial charge in [0.2, 0.25) is 0 Å². The van der Waals surface area contributed by atoms with E-state index in [-0.39, 0.29) is 0 Å². The maximum absolute atomic E-state index is 13.3. The first-order chi connectivity index (χ1) is 13.8. The molecule has 0 aliphatic rings. The molecule has 2 aromatic heterocycles. The van der Waals surface area contributed by atoms with E-state index in [9.17, 15) is 14.4 Å². The van der Waals surface area contributed by atoms with Crippen LogP contribution in [0.5, 0.6) is 5.75 Å². The third kappa shape index (κ3) is 4.52. The number of hydrogen-bond acceptors (Lipinski definition) is 4. The molecule has 0 aliphatic carbocycles. The number of thiophene rings is 1. The molecule has 0 spiro atoms. The maximum Gasteiger partial charge on any atom is 0.266 e. The quantitative estimate of drug-likeness (QED) is 0.519. The molecule has 150 valence electrons. The highest BCUT2D eigenvalue weighted by atomic mass is 79.9. The second kappa shape index (κ2) is 8.80. The van der Waals surface area contributed by atoms with Crippen molar-refractivity contribution in [1.29, 1.82) is 5.26 Å². The van der Waals surface area contributed by atoms with Crippen LogP contribution >= 0.6 is 27.3 Å². The van der Waals surface area contributed by atoms with Crippen LogP contribution in [0.2, 0.25) is 0 Å². The number of aromatic nitrogens is 1. The first kappa shape index (κ1) is 21.1. The van der Waals surface area contributed by atoms with Crippen molar-refractivity contribution >= 4 is 39.0 Å². The molecule has 5 nitrogen and oxygen atoms in total. The van der Waals surface area contributed by atoms with Crippen molar-refractivity contribution in [2.45, 2.75) is 33.4 Å². The summed E-state index contributed by atoms with van der Waals surface area (Å²) in [6, 6.07) is 10.2. The average molecular weight is 476 g/mol. The van der Waals surface area contributed by atoms with E-state index in [0.717, 1.165) is 16.1 Å². The fraction of sp³-hybridized carbons (Fsp3) is 0.238. The topological polar surface area (TPSA) is 67.1 Å². The molecule has 8 heteroatoms. The molecule has 0 radical (unpaired) electrons. The van der Waals surface area contributed by atoms with Gasteiger partial charge in [-0.1, -0.05) is 6.07 Å². The van der Waals surface area contributed by atoms with Crippen LogP contribution in [-0.4, -0.2) is 16.6 Å². The fourth-order valence-electron chi connectivity index (χ4n) is 2.92. The number of anilines is 1. The van der Waals surface area contributed by atoms with Gasteiger partial charge in [-0.15, -0.1) is 11.3 Å². The zero-order chi connectivity index (χ0) is 21.1. The number of benzene rings is 1. The Hall–Kier alpha value is -2.63. The van der Waals surface area contributed by atoms with E-state index in [1.807, 2.05) is 35.9 Å². The molecule has 0 saturated carbocycles. The van der Waals surface area contributed by atoms with Crippen LogP contribution in [0, 0.1) is 31.0 Å². The molecular formula is C21H19BrFN3O2S. The largest absolute Gasteiger partial charge is 0.480 e. The van der Waals surface area contributed by atoms with E-state index in [0.29, 0.717) is 28.1 Å². The third-order valence-electron chi connectivity index (χ3n) is 4.64. The van der Waals surface area contributed by atoms with Crippen LogP contribution in [0.3, 0.4) is 0 Å². The van der Waals surface area contributed by atoms with Gasteiger partial charge in [-0.3, -0.25) is 4.79 Å². The van der Waals surface area contributed by atoms with Crippen molar-refractivity contribution in [3.05, 3.63) is 67.7 Å². The van der Waals surface area contributed by atoms with Crippen LogP contribution in [0.4, 0.5) is 10.2 Å². The molecule has 0 fully saturated rings. The van der Waals surface area contributed by atoms with Gasteiger partial charge in [0.05, 0.1) is 16.6 Å². The number of nitriles is 1. The summed E-state index contributed by atoms with van der Waals surface area (Å²) in [4.78, 5) is 13.9. The Morgan fingerprint density at radius 3 is 2.79 bits per heavy atom. The molecule has 0 saturated heterocycles. The highest BCUT2D eigenvalue weighted by Crippen LogP contribution is 2.29. The van der Waals surface area contributed by atoms with Crippen LogP contribution in [0.1, 0.15) is 28.6 Å². The molecule has 1 atom stereocenters. The maximum atomic E-state index is 13.3. The molecule has 1 amide bonds. The van der Waals surface area contributed by atoms with Crippen LogP contribution in [0.25, 0.3) is 0 Å². The number of carbonyl (C=O) groups is 1. The Balaban J connectivity index is 1.85. The minimum atomic E-state index is -0.853. The number of rotatable bonds is 6. The highest BCUT2D eigenvalue weighted by Gasteiger charge is 2.23. The van der Waals surface area contributed by atoms with Gasteiger partial charge in [0.25, 0.3) is 5.91 Å². The van der Waals surface area contributed by atoms with Crippen LogP contribution in [-0.2, 0) is 11.3 Å². The van der Waals surface area contributed by atoms with Gasteiger partial charge in [-0.25, -0.2) is 4.39 Å². The standard InChI is InChI=1S/C21H19BrFN3O2S/c1-12-13(2)26(11-16-5-4-8-29-16)20(17(12)10-24)25-21(27)14(3)28-19-7-6-15(23)9-18(19)22/h4-9,14H,11H2,1-3H3,(H,25,27)/t14-/m1/s1. The molecule has 1 N–H and O–H groups in total. The predicted molar refractivity (Wildman–Crippen MR) is 115 cm³/mol. The second-order valence-corrected chi connectivity index (χ2v) is 8.42. The van der Waals surface area contributed by atoms with Gasteiger partial charge < -0.3 is 14.6 Å². The van der Waals surface area contributed by atoms with E-state index in [1.54, 1.807) is 18.3 Å². The number of nitrogens with zero attached hydrogens (tertiary/aromatic N) is 2. The van der Waals surface area contributed by atoms with Crippen LogP contribution in [0.15, 0.2) is 40.2 Å². The number of halogens is 2. The van der Waals surface area contributed by atoms with E-state index >= 15 is 0 Å². The Kier molecular flexibility index (Phi) is 6.40. The van der Waals surface area contributed by atoms with Crippen molar-refractivity contribution in [1.82, 2.24) is 4.57 Å². The number of nitrogens with one attached hydrogen (secondary N) is 1. The van der Waals surface area contributed by atoms with Gasteiger partial charge >= 0.3 is 0 Å². The lowest BCUT2D eigenvalue weighted by molar-refractivity contribution is -0.122. The Bertz CT molecular complexity index is 1090. The minimum Gasteiger partial charge on any atom is -0.480 e. The summed E-state index contributed by atoms with van der Waals surface area (Å²) < 4.78 is 21.3. The Morgan fingerprint density at radius 2 is 2.17 bits per heavy atom. The summed E-state index contributed by atoms with van der Waals surface area (Å²) in [5.41, 5.74) is 2.18. The first-order valence-electron chi connectivity index (χ1n) is 8.86. The van der Waals surface area contributed by atoms with Crippen molar-refractivity contribution in [3.63, 3.8) is 0 Å². The van der Waals surface area contributed by atoms with E-state index in [4.69, 9.17) is 4.74 Å². The van der Waals surface area contributed by atoms with Crippen molar-refractivity contribution < 1.29 is 13.9 Å². The summed E-state index contributed by atoms with van der Waals surface area (Å²) >= 11 is 4.84. The van der Waals surface area contributed by atoms with Crippen molar-refractivity contribution in [2.24, 2.45) is 0 Å². The molecule has 3 rings (SSSR count). The smallest absolute Gasteiger partial charge is 0.266 e. The van der Waals surface area contributed by atoms with Gasteiger partial charge in [0, 0.05) is 10.6 Å². The Labute approximate surface area is 180 Å². The van der Waals surface area contributed by atoms with E-state index in [2.05, 4.69) is 27.3 Å². The molecule has 0 aliphatic heterocycles. The molecule has 29 heavy (non-hydrogen) atoms. The van der Waals surface area contributed by atoms with Crippen LogP contribution < -0.4 is 10.1 Å². The van der Waals surface area contributed by atoms with Crippen molar-refractivity contribution in [2.75, 3.05) is 5.32 Å². The molecule has 1 aromatic carbocycles. The Morgan fingerprint density at radius 1 is 1.41 bits per heavy atom. The number of ether oxygens (including phenoxy) is 1. The minimum absolute atomic E-state index is 0.357. The van der Waals surface area contributed by atoms with Crippen molar-refractivity contribution in [3.8, 4) is 11.8 Å². The highest BCUT2D eigenvalue weighted by molar-refractivity contribution is 9.10. The molecule has 0 unspecified atom stereocenters.